The van der Waals surface area contributed by atoms with Gasteiger partial charge in [-0.3, -0.25) is 0 Å². The largest absolute Gasteiger partial charge is 0.393 e. The van der Waals surface area contributed by atoms with Gasteiger partial charge >= 0.3 is 0 Å². The molecule has 0 aliphatic carbocycles. The van der Waals surface area contributed by atoms with E-state index in [0.717, 1.165) is 24.0 Å². The Hall–Kier alpha value is -1.22. The first-order valence-corrected chi connectivity index (χ1v) is 8.82. The zero-order valence-electron chi connectivity index (χ0n) is 14.0. The molecule has 0 saturated carbocycles. The monoisotopic (exact) mass is 305 g/mol. The maximum Gasteiger partial charge on any atom is 0.106 e. The van der Waals surface area contributed by atoms with Crippen LogP contribution in [0.15, 0.2) is 29.4 Å². The van der Waals surface area contributed by atoms with E-state index in [9.17, 15) is 10.0 Å². The van der Waals surface area contributed by atoms with E-state index in [4.69, 9.17) is 0 Å². The summed E-state index contributed by atoms with van der Waals surface area (Å²) in [6.07, 6.45) is 11.4. The highest BCUT2D eigenvalue weighted by Gasteiger charge is 2.09. The van der Waals surface area contributed by atoms with Crippen molar-refractivity contribution in [1.29, 1.82) is 0 Å². The minimum Gasteiger partial charge on any atom is -0.393 e. The van der Waals surface area contributed by atoms with Gasteiger partial charge in [-0.25, -0.2) is 0 Å². The minimum absolute atomic E-state index is 0.195. The molecule has 0 spiro atoms. The number of nitroso groups, excluding NO2 is 1. The molecule has 1 aromatic rings. The van der Waals surface area contributed by atoms with Crippen LogP contribution in [-0.4, -0.2) is 11.2 Å². The lowest BCUT2D eigenvalue weighted by Crippen LogP contribution is -2.11. The predicted molar refractivity (Wildman–Crippen MR) is 92.9 cm³/mol. The molecular formula is C19H31NO2. The van der Waals surface area contributed by atoms with Crippen LogP contribution in [0.1, 0.15) is 75.8 Å². The van der Waals surface area contributed by atoms with Crippen molar-refractivity contribution in [2.75, 3.05) is 0 Å². The first-order chi connectivity index (χ1) is 10.8. The molecule has 0 aromatic heterocycles. The Labute approximate surface area is 135 Å². The summed E-state index contributed by atoms with van der Waals surface area (Å²) in [6.45, 7) is 2.44. The normalized spacial score (nSPS) is 12.3. The van der Waals surface area contributed by atoms with E-state index in [1.807, 2.05) is 24.3 Å². The Morgan fingerprint density at radius 1 is 0.955 bits per heavy atom. The van der Waals surface area contributed by atoms with E-state index in [0.29, 0.717) is 6.42 Å². The molecule has 1 unspecified atom stereocenters. The number of aliphatic hydroxyl groups excluding tert-OH is 1. The van der Waals surface area contributed by atoms with E-state index in [-0.39, 0.29) is 12.6 Å². The molecule has 124 valence electrons. The number of aliphatic hydroxyl groups is 1. The second-order valence-corrected chi connectivity index (χ2v) is 6.18. The third-order valence-corrected chi connectivity index (χ3v) is 4.20. The highest BCUT2D eigenvalue weighted by molar-refractivity contribution is 5.27. The van der Waals surface area contributed by atoms with Crippen LogP contribution in [0.25, 0.3) is 0 Å². The van der Waals surface area contributed by atoms with E-state index in [2.05, 4.69) is 12.1 Å². The highest BCUT2D eigenvalue weighted by atomic mass is 16.3. The van der Waals surface area contributed by atoms with Gasteiger partial charge in [0, 0.05) is 0 Å². The first-order valence-electron chi connectivity index (χ1n) is 8.82. The molecule has 0 saturated heterocycles. The Kier molecular flexibility index (Phi) is 10.6. The molecular weight excluding hydrogens is 274 g/mol. The van der Waals surface area contributed by atoms with Crippen LogP contribution >= 0.6 is 0 Å². The van der Waals surface area contributed by atoms with Crippen molar-refractivity contribution >= 4 is 0 Å². The second-order valence-electron chi connectivity index (χ2n) is 6.18. The SMILES string of the molecule is CCCCCCCCCCC(O)Cc1ccccc1CN=O. The maximum atomic E-state index is 10.4. The van der Waals surface area contributed by atoms with E-state index < -0.39 is 0 Å². The summed E-state index contributed by atoms with van der Waals surface area (Å²) < 4.78 is 0. The average molecular weight is 305 g/mol. The predicted octanol–water partition coefficient (Wildman–Crippen LogP) is 5.39. The van der Waals surface area contributed by atoms with Gasteiger partial charge in [-0.05, 0) is 24.0 Å². The van der Waals surface area contributed by atoms with Crippen LogP contribution in [0, 0.1) is 4.91 Å². The van der Waals surface area contributed by atoms with Gasteiger partial charge in [-0.2, -0.15) is 4.91 Å². The van der Waals surface area contributed by atoms with E-state index >= 15 is 0 Å². The van der Waals surface area contributed by atoms with Crippen molar-refractivity contribution in [3.63, 3.8) is 0 Å². The zero-order valence-corrected chi connectivity index (χ0v) is 14.0. The van der Waals surface area contributed by atoms with Crippen molar-refractivity contribution in [3.8, 4) is 0 Å². The summed E-state index contributed by atoms with van der Waals surface area (Å²) in [5, 5.41) is 13.1. The fourth-order valence-corrected chi connectivity index (χ4v) is 2.85. The van der Waals surface area contributed by atoms with Crippen molar-refractivity contribution < 1.29 is 5.11 Å². The molecule has 0 aliphatic heterocycles. The Bertz CT molecular complexity index is 406. The number of rotatable bonds is 13. The molecule has 3 heteroatoms. The summed E-state index contributed by atoms with van der Waals surface area (Å²) in [6, 6.07) is 7.76. The van der Waals surface area contributed by atoms with Crippen LogP contribution in [-0.2, 0) is 13.0 Å². The molecule has 0 amide bonds. The van der Waals surface area contributed by atoms with E-state index in [1.54, 1.807) is 0 Å². The maximum absolute atomic E-state index is 10.4. The van der Waals surface area contributed by atoms with Crippen LogP contribution in [0.3, 0.4) is 0 Å². The van der Waals surface area contributed by atoms with Crippen LogP contribution in [0.4, 0.5) is 0 Å². The van der Waals surface area contributed by atoms with Gasteiger partial charge in [0.1, 0.15) is 6.54 Å². The minimum atomic E-state index is -0.312. The van der Waals surface area contributed by atoms with Crippen LogP contribution in [0.2, 0.25) is 0 Å². The molecule has 1 N–H and O–H groups in total. The summed E-state index contributed by atoms with van der Waals surface area (Å²) in [5.74, 6) is 0. The summed E-state index contributed by atoms with van der Waals surface area (Å²) in [4.78, 5) is 10.4. The molecule has 1 atom stereocenters. The topological polar surface area (TPSA) is 49.7 Å². The molecule has 3 nitrogen and oxygen atoms in total. The first kappa shape index (κ1) is 18.8. The van der Waals surface area contributed by atoms with Crippen LogP contribution in [0.5, 0.6) is 0 Å². The molecule has 1 rings (SSSR count). The standard InChI is InChI=1S/C19H31NO2/c1-2-3-4-5-6-7-8-9-14-19(21)15-17-12-10-11-13-18(17)16-20-22/h10-13,19,21H,2-9,14-16H2,1H3. The van der Waals surface area contributed by atoms with Crippen molar-refractivity contribution in [3.05, 3.63) is 40.3 Å². The second kappa shape index (κ2) is 12.3. The Morgan fingerprint density at radius 2 is 1.55 bits per heavy atom. The van der Waals surface area contributed by atoms with Crippen LogP contribution < -0.4 is 0 Å². The number of unbranched alkanes of at least 4 members (excludes halogenated alkanes) is 7. The number of benzene rings is 1. The fourth-order valence-electron chi connectivity index (χ4n) is 2.85. The zero-order chi connectivity index (χ0) is 16.0. The lowest BCUT2D eigenvalue weighted by Gasteiger charge is -2.13. The average Bonchev–Trinajstić information content (AvgIpc) is 2.52. The summed E-state index contributed by atoms with van der Waals surface area (Å²) >= 11 is 0. The third-order valence-electron chi connectivity index (χ3n) is 4.20. The molecule has 0 heterocycles. The van der Waals surface area contributed by atoms with E-state index in [1.165, 1.54) is 44.9 Å². The quantitative estimate of drug-likeness (QED) is 0.392. The molecule has 0 fully saturated rings. The molecule has 1 aromatic carbocycles. The summed E-state index contributed by atoms with van der Waals surface area (Å²) in [7, 11) is 0. The molecule has 0 aliphatic rings. The smallest absolute Gasteiger partial charge is 0.106 e. The van der Waals surface area contributed by atoms with Crippen molar-refractivity contribution in [2.45, 2.75) is 83.8 Å². The molecule has 22 heavy (non-hydrogen) atoms. The van der Waals surface area contributed by atoms with Gasteiger partial charge in [0.15, 0.2) is 0 Å². The number of hydrogen-bond donors (Lipinski definition) is 1. The molecule has 0 radical (unpaired) electrons. The van der Waals surface area contributed by atoms with Gasteiger partial charge in [-0.15, -0.1) is 0 Å². The van der Waals surface area contributed by atoms with Gasteiger partial charge in [0.25, 0.3) is 0 Å². The highest BCUT2D eigenvalue weighted by Crippen LogP contribution is 2.16. The van der Waals surface area contributed by atoms with Crippen molar-refractivity contribution in [1.82, 2.24) is 0 Å². The Morgan fingerprint density at radius 3 is 2.18 bits per heavy atom. The number of nitrogens with zero attached hydrogens (tertiary/aromatic N) is 1. The van der Waals surface area contributed by atoms with Gasteiger partial charge < -0.3 is 5.11 Å². The molecule has 0 bridgehead atoms. The third kappa shape index (κ3) is 8.28. The number of hydrogen-bond acceptors (Lipinski definition) is 3. The van der Waals surface area contributed by atoms with Gasteiger partial charge in [0.2, 0.25) is 0 Å². The lowest BCUT2D eigenvalue weighted by molar-refractivity contribution is 0.160. The summed E-state index contributed by atoms with van der Waals surface area (Å²) in [5.41, 5.74) is 1.99. The van der Waals surface area contributed by atoms with Crippen molar-refractivity contribution in [2.24, 2.45) is 5.18 Å². The van der Waals surface area contributed by atoms with Gasteiger partial charge in [0.05, 0.1) is 6.10 Å². The fraction of sp³-hybridized carbons (Fsp3) is 0.684. The Balaban J connectivity index is 2.15. The van der Waals surface area contributed by atoms with Gasteiger partial charge in [-0.1, -0.05) is 87.7 Å². The lowest BCUT2D eigenvalue weighted by atomic mass is 9.98.